The zero-order valence-electron chi connectivity index (χ0n) is 12.2. The van der Waals surface area contributed by atoms with Gasteiger partial charge in [-0.25, -0.2) is 10.2 Å². The number of aromatic carboxylic acids is 1. The van der Waals surface area contributed by atoms with Gasteiger partial charge in [0.15, 0.2) is 6.61 Å². The van der Waals surface area contributed by atoms with Crippen LogP contribution in [-0.2, 0) is 4.79 Å². The molecule has 8 heteroatoms. The van der Waals surface area contributed by atoms with E-state index < -0.39 is 11.9 Å². The van der Waals surface area contributed by atoms with E-state index in [0.29, 0.717) is 21.4 Å². The first kappa shape index (κ1) is 17.8. The van der Waals surface area contributed by atoms with Crippen LogP contribution >= 0.6 is 23.2 Å². The van der Waals surface area contributed by atoms with Crippen LogP contribution in [0, 0.1) is 0 Å². The molecule has 0 saturated carbocycles. The molecule has 2 N–H and O–H groups in total. The third-order valence-corrected chi connectivity index (χ3v) is 3.36. The number of carboxylic acids is 1. The molecule has 124 valence electrons. The number of nitrogens with zero attached hydrogens (tertiary/aromatic N) is 1. The number of hydrazone groups is 1. The SMILES string of the molecule is O=C(COc1cc(Cl)ccc1Cl)N/N=C\c1ccc(C(=O)O)cc1. The number of rotatable bonds is 6. The fourth-order valence-corrected chi connectivity index (χ4v) is 1.99. The van der Waals surface area contributed by atoms with Gasteiger partial charge in [0.1, 0.15) is 5.75 Å². The summed E-state index contributed by atoms with van der Waals surface area (Å²) in [7, 11) is 0. The molecule has 0 aliphatic heterocycles. The highest BCUT2D eigenvalue weighted by molar-refractivity contribution is 6.34. The maximum absolute atomic E-state index is 11.6. The molecule has 6 nitrogen and oxygen atoms in total. The van der Waals surface area contributed by atoms with Crippen molar-refractivity contribution in [3.63, 3.8) is 0 Å². The fraction of sp³-hybridized carbons (Fsp3) is 0.0625. The van der Waals surface area contributed by atoms with E-state index in [1.54, 1.807) is 24.3 Å². The number of ether oxygens (including phenoxy) is 1. The molecule has 0 bridgehead atoms. The van der Waals surface area contributed by atoms with Crippen LogP contribution in [0.3, 0.4) is 0 Å². The second-order valence-corrected chi connectivity index (χ2v) is 5.43. The Kier molecular flexibility index (Phi) is 6.17. The number of amides is 1. The largest absolute Gasteiger partial charge is 0.482 e. The third-order valence-electron chi connectivity index (χ3n) is 2.81. The van der Waals surface area contributed by atoms with Crippen molar-refractivity contribution < 1.29 is 19.4 Å². The van der Waals surface area contributed by atoms with E-state index in [0.717, 1.165) is 0 Å². The molecule has 0 spiro atoms. The molecule has 0 saturated heterocycles. The Morgan fingerprint density at radius 3 is 2.54 bits per heavy atom. The highest BCUT2D eigenvalue weighted by atomic mass is 35.5. The van der Waals surface area contributed by atoms with Crippen molar-refractivity contribution in [3.8, 4) is 5.75 Å². The number of carbonyl (C=O) groups is 2. The highest BCUT2D eigenvalue weighted by Crippen LogP contribution is 2.27. The van der Waals surface area contributed by atoms with Crippen molar-refractivity contribution in [2.24, 2.45) is 5.10 Å². The lowest BCUT2D eigenvalue weighted by Gasteiger charge is -2.07. The van der Waals surface area contributed by atoms with Crippen LogP contribution in [0.2, 0.25) is 10.0 Å². The molecule has 2 rings (SSSR count). The van der Waals surface area contributed by atoms with Crippen molar-refractivity contribution in [1.82, 2.24) is 5.43 Å². The summed E-state index contributed by atoms with van der Waals surface area (Å²) in [4.78, 5) is 22.4. The van der Waals surface area contributed by atoms with Crippen molar-refractivity contribution >= 4 is 41.3 Å². The van der Waals surface area contributed by atoms with Crippen LogP contribution in [0.4, 0.5) is 0 Å². The molecule has 0 radical (unpaired) electrons. The standard InChI is InChI=1S/C16H12Cl2N2O4/c17-12-5-6-13(18)14(7-12)24-9-15(21)20-19-8-10-1-3-11(4-2-10)16(22)23/h1-8H,9H2,(H,20,21)(H,22,23)/b19-8-. The summed E-state index contributed by atoms with van der Waals surface area (Å²) in [5.74, 6) is -1.19. The lowest BCUT2D eigenvalue weighted by molar-refractivity contribution is -0.123. The summed E-state index contributed by atoms with van der Waals surface area (Å²) >= 11 is 11.7. The van der Waals surface area contributed by atoms with E-state index in [2.05, 4.69) is 10.5 Å². The Balaban J connectivity index is 1.84. The molecule has 0 unspecified atom stereocenters. The topological polar surface area (TPSA) is 88.0 Å². The summed E-state index contributed by atoms with van der Waals surface area (Å²) in [5, 5.41) is 13.3. The smallest absolute Gasteiger partial charge is 0.335 e. The Bertz CT molecular complexity index is 776. The lowest BCUT2D eigenvalue weighted by atomic mass is 10.1. The van der Waals surface area contributed by atoms with Crippen molar-refractivity contribution in [3.05, 3.63) is 63.6 Å². The minimum atomic E-state index is -1.01. The highest BCUT2D eigenvalue weighted by Gasteiger charge is 2.06. The van der Waals surface area contributed by atoms with Crippen LogP contribution in [0.25, 0.3) is 0 Å². The van der Waals surface area contributed by atoms with Crippen molar-refractivity contribution in [1.29, 1.82) is 0 Å². The first-order valence-electron chi connectivity index (χ1n) is 6.69. The van der Waals surface area contributed by atoms with Crippen LogP contribution in [-0.4, -0.2) is 29.8 Å². The quantitative estimate of drug-likeness (QED) is 0.606. The molecule has 0 aromatic heterocycles. The number of hydrogen-bond donors (Lipinski definition) is 2. The Morgan fingerprint density at radius 1 is 1.17 bits per heavy atom. The second-order valence-electron chi connectivity index (χ2n) is 4.58. The average molecular weight is 367 g/mol. The van der Waals surface area contributed by atoms with Gasteiger partial charge in [-0.2, -0.15) is 5.10 Å². The predicted octanol–water partition coefficient (Wildman–Crippen LogP) is 3.22. The van der Waals surface area contributed by atoms with Gasteiger partial charge < -0.3 is 9.84 Å². The minimum absolute atomic E-state index is 0.169. The summed E-state index contributed by atoms with van der Waals surface area (Å²) in [6.45, 7) is -0.282. The number of carboxylic acid groups (broad SMARTS) is 1. The molecule has 0 aliphatic carbocycles. The van der Waals surface area contributed by atoms with Gasteiger partial charge in [0.05, 0.1) is 16.8 Å². The van der Waals surface area contributed by atoms with Gasteiger partial charge in [-0.3, -0.25) is 4.79 Å². The number of benzene rings is 2. The van der Waals surface area contributed by atoms with Crippen LogP contribution in [0.1, 0.15) is 15.9 Å². The van der Waals surface area contributed by atoms with Crippen LogP contribution < -0.4 is 10.2 Å². The van der Waals surface area contributed by atoms with Gasteiger partial charge in [-0.1, -0.05) is 35.3 Å². The summed E-state index contributed by atoms with van der Waals surface area (Å²) in [6.07, 6.45) is 1.38. The summed E-state index contributed by atoms with van der Waals surface area (Å²) < 4.78 is 5.26. The Morgan fingerprint density at radius 2 is 1.88 bits per heavy atom. The zero-order chi connectivity index (χ0) is 17.5. The number of hydrogen-bond acceptors (Lipinski definition) is 4. The molecule has 1 amide bonds. The Labute approximate surface area is 147 Å². The van der Waals surface area contributed by atoms with Gasteiger partial charge in [0.25, 0.3) is 5.91 Å². The van der Waals surface area contributed by atoms with E-state index in [4.69, 9.17) is 33.0 Å². The molecular formula is C16H12Cl2N2O4. The number of carbonyl (C=O) groups excluding carboxylic acids is 1. The second kappa shape index (κ2) is 8.33. The van der Waals surface area contributed by atoms with E-state index >= 15 is 0 Å². The molecule has 0 aliphatic rings. The molecular weight excluding hydrogens is 355 g/mol. The van der Waals surface area contributed by atoms with Gasteiger partial charge in [0, 0.05) is 11.1 Å². The zero-order valence-corrected chi connectivity index (χ0v) is 13.7. The number of halogens is 2. The maximum atomic E-state index is 11.6. The fourth-order valence-electron chi connectivity index (χ4n) is 1.65. The minimum Gasteiger partial charge on any atom is -0.482 e. The Hall–Kier alpha value is -2.57. The first-order chi connectivity index (χ1) is 11.5. The lowest BCUT2D eigenvalue weighted by Crippen LogP contribution is -2.24. The average Bonchev–Trinajstić information content (AvgIpc) is 2.56. The van der Waals surface area contributed by atoms with Crippen molar-refractivity contribution in [2.75, 3.05) is 6.61 Å². The third kappa shape index (κ3) is 5.26. The van der Waals surface area contributed by atoms with Crippen LogP contribution in [0.5, 0.6) is 5.75 Å². The van der Waals surface area contributed by atoms with E-state index in [1.165, 1.54) is 24.4 Å². The summed E-state index contributed by atoms with van der Waals surface area (Å²) in [6, 6.07) is 10.7. The molecule has 24 heavy (non-hydrogen) atoms. The van der Waals surface area contributed by atoms with Gasteiger partial charge in [-0.05, 0) is 29.8 Å². The monoisotopic (exact) mass is 366 g/mol. The van der Waals surface area contributed by atoms with Crippen LogP contribution in [0.15, 0.2) is 47.6 Å². The van der Waals surface area contributed by atoms with Crippen molar-refractivity contribution in [2.45, 2.75) is 0 Å². The molecule has 2 aromatic carbocycles. The van der Waals surface area contributed by atoms with E-state index in [9.17, 15) is 9.59 Å². The van der Waals surface area contributed by atoms with Gasteiger partial charge in [-0.15, -0.1) is 0 Å². The number of nitrogens with one attached hydrogen (secondary N) is 1. The molecule has 0 atom stereocenters. The molecule has 2 aromatic rings. The summed E-state index contributed by atoms with van der Waals surface area (Å²) in [5.41, 5.74) is 3.09. The van der Waals surface area contributed by atoms with Gasteiger partial charge >= 0.3 is 5.97 Å². The molecule has 0 fully saturated rings. The van der Waals surface area contributed by atoms with Gasteiger partial charge in [0.2, 0.25) is 0 Å². The first-order valence-corrected chi connectivity index (χ1v) is 7.44. The predicted molar refractivity (Wildman–Crippen MR) is 91.1 cm³/mol. The normalized spacial score (nSPS) is 10.6. The maximum Gasteiger partial charge on any atom is 0.335 e. The van der Waals surface area contributed by atoms with E-state index in [1.807, 2.05) is 0 Å². The van der Waals surface area contributed by atoms with E-state index in [-0.39, 0.29) is 12.2 Å². The molecule has 0 heterocycles.